The molecule has 0 bridgehead atoms. The van der Waals surface area contributed by atoms with Gasteiger partial charge < -0.3 is 5.73 Å². The molecule has 1 aliphatic rings. The smallest absolute Gasteiger partial charge is 0.0441 e. The van der Waals surface area contributed by atoms with Crippen molar-refractivity contribution in [1.82, 2.24) is 0 Å². The molecule has 1 aromatic carbocycles. The van der Waals surface area contributed by atoms with Crippen LogP contribution in [0.4, 0.5) is 0 Å². The topological polar surface area (TPSA) is 26.0 Å². The first-order chi connectivity index (χ1) is 7.33. The van der Waals surface area contributed by atoms with Crippen LogP contribution in [0.1, 0.15) is 17.9 Å². The number of nitrogens with two attached hydrogens (primary N) is 1. The van der Waals surface area contributed by atoms with Crippen LogP contribution in [0.5, 0.6) is 0 Å². The molecule has 0 aliphatic carbocycles. The van der Waals surface area contributed by atoms with E-state index < -0.39 is 0 Å². The minimum atomic E-state index is 0.439. The minimum absolute atomic E-state index is 0.439. The van der Waals surface area contributed by atoms with Crippen LogP contribution in [0.2, 0.25) is 5.02 Å². The average Bonchev–Trinajstić information content (AvgIpc) is 2.75. The summed E-state index contributed by atoms with van der Waals surface area (Å²) in [6.45, 7) is 0.703. The highest BCUT2D eigenvalue weighted by Crippen LogP contribution is 2.37. The molecule has 3 heteroatoms. The summed E-state index contributed by atoms with van der Waals surface area (Å²) in [5.74, 6) is 3.65. The van der Waals surface area contributed by atoms with Gasteiger partial charge in [-0.25, -0.2) is 0 Å². The second-order valence-electron chi connectivity index (χ2n) is 3.99. The lowest BCUT2D eigenvalue weighted by Crippen LogP contribution is -2.21. The Morgan fingerprint density at radius 1 is 1.47 bits per heavy atom. The van der Waals surface area contributed by atoms with E-state index in [-0.39, 0.29) is 0 Å². The van der Waals surface area contributed by atoms with Crippen LogP contribution in [0, 0.1) is 5.92 Å². The standard InChI is InChI=1S/C12H16ClNS/c13-12-4-2-1-3-10(12)11(7-14)9-5-6-15-8-9/h1-4,9,11H,5-8,14H2. The Morgan fingerprint density at radius 3 is 2.87 bits per heavy atom. The molecule has 0 saturated carbocycles. The van der Waals surface area contributed by atoms with Crippen LogP contribution in [-0.4, -0.2) is 18.1 Å². The molecule has 2 N–H and O–H groups in total. The van der Waals surface area contributed by atoms with Gasteiger partial charge in [-0.3, -0.25) is 0 Å². The van der Waals surface area contributed by atoms with E-state index in [0.29, 0.717) is 18.4 Å². The second-order valence-corrected chi connectivity index (χ2v) is 5.54. The van der Waals surface area contributed by atoms with Gasteiger partial charge in [-0.1, -0.05) is 29.8 Å². The van der Waals surface area contributed by atoms with Gasteiger partial charge in [-0.15, -0.1) is 0 Å². The van der Waals surface area contributed by atoms with Crippen molar-refractivity contribution in [3.63, 3.8) is 0 Å². The maximum atomic E-state index is 6.21. The molecular formula is C12H16ClNS. The zero-order valence-corrected chi connectivity index (χ0v) is 10.2. The molecule has 1 aromatic rings. The Labute approximate surface area is 100 Å². The van der Waals surface area contributed by atoms with Crippen molar-refractivity contribution in [2.24, 2.45) is 11.7 Å². The minimum Gasteiger partial charge on any atom is -0.330 e. The molecule has 1 saturated heterocycles. The number of thioether (sulfide) groups is 1. The Morgan fingerprint density at radius 2 is 2.27 bits per heavy atom. The number of halogens is 1. The van der Waals surface area contributed by atoms with Crippen LogP contribution in [0.3, 0.4) is 0 Å². The van der Waals surface area contributed by atoms with Gasteiger partial charge in [0.2, 0.25) is 0 Å². The van der Waals surface area contributed by atoms with Crippen molar-refractivity contribution in [3.8, 4) is 0 Å². The van der Waals surface area contributed by atoms with E-state index in [9.17, 15) is 0 Å². The Hall–Kier alpha value is -0.180. The van der Waals surface area contributed by atoms with Crippen LogP contribution in [0.15, 0.2) is 24.3 Å². The van der Waals surface area contributed by atoms with Crippen molar-refractivity contribution in [2.45, 2.75) is 12.3 Å². The van der Waals surface area contributed by atoms with Crippen LogP contribution >= 0.6 is 23.4 Å². The molecule has 2 atom stereocenters. The first-order valence-electron chi connectivity index (χ1n) is 5.35. The van der Waals surface area contributed by atoms with Crippen molar-refractivity contribution < 1.29 is 0 Å². The summed E-state index contributed by atoms with van der Waals surface area (Å²) < 4.78 is 0. The van der Waals surface area contributed by atoms with Gasteiger partial charge in [0.25, 0.3) is 0 Å². The number of hydrogen-bond donors (Lipinski definition) is 1. The summed E-state index contributed by atoms with van der Waals surface area (Å²) >= 11 is 8.24. The molecule has 0 radical (unpaired) electrons. The maximum Gasteiger partial charge on any atom is 0.0441 e. The number of hydrogen-bond acceptors (Lipinski definition) is 2. The quantitative estimate of drug-likeness (QED) is 0.880. The molecule has 0 aromatic heterocycles. The average molecular weight is 242 g/mol. The fourth-order valence-corrected chi connectivity index (χ4v) is 3.83. The highest BCUT2D eigenvalue weighted by molar-refractivity contribution is 7.99. The third-order valence-corrected chi connectivity index (χ3v) is 4.63. The van der Waals surface area contributed by atoms with Crippen molar-refractivity contribution in [1.29, 1.82) is 0 Å². The van der Waals surface area contributed by atoms with Gasteiger partial charge >= 0.3 is 0 Å². The molecule has 2 rings (SSSR count). The van der Waals surface area contributed by atoms with Gasteiger partial charge in [0.1, 0.15) is 0 Å². The van der Waals surface area contributed by atoms with Crippen molar-refractivity contribution in [2.75, 3.05) is 18.1 Å². The first kappa shape index (κ1) is 11.3. The molecule has 1 aliphatic heterocycles. The lowest BCUT2D eigenvalue weighted by atomic mass is 9.86. The van der Waals surface area contributed by atoms with Gasteiger partial charge in [-0.05, 0) is 42.0 Å². The van der Waals surface area contributed by atoms with E-state index in [0.717, 1.165) is 5.02 Å². The molecule has 0 spiro atoms. The Bertz CT molecular complexity index is 323. The first-order valence-corrected chi connectivity index (χ1v) is 6.88. The largest absolute Gasteiger partial charge is 0.330 e. The Balaban J connectivity index is 2.22. The third kappa shape index (κ3) is 2.49. The van der Waals surface area contributed by atoms with E-state index in [2.05, 4.69) is 6.07 Å². The summed E-state index contributed by atoms with van der Waals surface area (Å²) in [7, 11) is 0. The van der Waals surface area contributed by atoms with E-state index in [1.54, 1.807) is 0 Å². The van der Waals surface area contributed by atoms with Crippen molar-refractivity contribution >= 4 is 23.4 Å². The fourth-order valence-electron chi connectivity index (χ4n) is 2.22. The van der Waals surface area contributed by atoms with Crippen LogP contribution in [0.25, 0.3) is 0 Å². The summed E-state index contributed by atoms with van der Waals surface area (Å²) in [6, 6.07) is 8.10. The van der Waals surface area contributed by atoms with Crippen LogP contribution in [-0.2, 0) is 0 Å². The summed E-state index contributed by atoms with van der Waals surface area (Å²) in [6.07, 6.45) is 1.28. The lowest BCUT2D eigenvalue weighted by Gasteiger charge is -2.22. The highest BCUT2D eigenvalue weighted by Gasteiger charge is 2.26. The fraction of sp³-hybridized carbons (Fsp3) is 0.500. The highest BCUT2D eigenvalue weighted by atomic mass is 35.5. The van der Waals surface area contributed by atoms with E-state index in [1.807, 2.05) is 30.0 Å². The van der Waals surface area contributed by atoms with Gasteiger partial charge in [0, 0.05) is 10.9 Å². The molecule has 0 amide bonds. The maximum absolute atomic E-state index is 6.21. The molecule has 82 valence electrons. The summed E-state index contributed by atoms with van der Waals surface area (Å²) in [5, 5.41) is 0.866. The van der Waals surface area contributed by atoms with Crippen LogP contribution < -0.4 is 5.73 Å². The zero-order chi connectivity index (χ0) is 10.7. The van der Waals surface area contributed by atoms with Crippen molar-refractivity contribution in [3.05, 3.63) is 34.9 Å². The lowest BCUT2D eigenvalue weighted by molar-refractivity contribution is 0.476. The zero-order valence-electron chi connectivity index (χ0n) is 8.66. The molecule has 2 unspecified atom stereocenters. The monoisotopic (exact) mass is 241 g/mol. The third-order valence-electron chi connectivity index (χ3n) is 3.09. The van der Waals surface area contributed by atoms with Gasteiger partial charge in [-0.2, -0.15) is 11.8 Å². The molecule has 15 heavy (non-hydrogen) atoms. The van der Waals surface area contributed by atoms with Gasteiger partial charge in [0.05, 0.1) is 0 Å². The second kappa shape index (κ2) is 5.24. The number of benzene rings is 1. The Kier molecular flexibility index (Phi) is 3.95. The van der Waals surface area contributed by atoms with E-state index >= 15 is 0 Å². The summed E-state index contributed by atoms with van der Waals surface area (Å²) in [4.78, 5) is 0. The van der Waals surface area contributed by atoms with E-state index in [1.165, 1.54) is 23.5 Å². The SMILES string of the molecule is NCC(c1ccccc1Cl)C1CCSC1. The molecule has 1 nitrogen and oxygen atoms in total. The van der Waals surface area contributed by atoms with Gasteiger partial charge in [0.15, 0.2) is 0 Å². The predicted octanol–water partition coefficient (Wildman–Crippen LogP) is 3.14. The van der Waals surface area contributed by atoms with E-state index in [4.69, 9.17) is 17.3 Å². The normalized spacial score (nSPS) is 22.9. The summed E-state index contributed by atoms with van der Waals surface area (Å²) in [5.41, 5.74) is 7.12. The number of rotatable bonds is 3. The molecular weight excluding hydrogens is 226 g/mol. The molecule has 1 heterocycles. The molecule has 1 fully saturated rings. The predicted molar refractivity (Wildman–Crippen MR) is 68.7 cm³/mol.